The second kappa shape index (κ2) is 7.11. The fraction of sp³-hybridized carbons (Fsp3) is 0.600. The highest BCUT2D eigenvalue weighted by Gasteiger charge is 2.16. The molecule has 1 aromatic carbocycles. The minimum atomic E-state index is -0.354. The van der Waals surface area contributed by atoms with E-state index in [1.807, 2.05) is 6.07 Å². The van der Waals surface area contributed by atoms with E-state index in [-0.39, 0.29) is 10.8 Å². The molecule has 1 atom stereocenters. The summed E-state index contributed by atoms with van der Waals surface area (Å²) in [5, 5.41) is 3.61. The summed E-state index contributed by atoms with van der Waals surface area (Å²) >= 11 is 5.69. The summed E-state index contributed by atoms with van der Waals surface area (Å²) in [5.41, 5.74) is 0.829. The molecular weight excluding hydrogens is 263 g/mol. The highest BCUT2D eigenvalue weighted by molar-refractivity contribution is 6.30. The van der Waals surface area contributed by atoms with E-state index in [9.17, 15) is 4.39 Å². The second-order valence-corrected chi connectivity index (χ2v) is 5.65. The van der Waals surface area contributed by atoms with E-state index in [0.717, 1.165) is 25.1 Å². The van der Waals surface area contributed by atoms with Crippen LogP contribution in [-0.4, -0.2) is 30.6 Å². The number of hydrogen-bond acceptors (Lipinski definition) is 2. The molecule has 0 bridgehead atoms. The molecule has 1 aliphatic heterocycles. The Labute approximate surface area is 119 Å². The minimum Gasteiger partial charge on any atom is -0.382 e. The Kier molecular flexibility index (Phi) is 5.46. The lowest BCUT2D eigenvalue weighted by Crippen LogP contribution is -2.27. The first-order chi connectivity index (χ1) is 9.19. The van der Waals surface area contributed by atoms with E-state index in [0.29, 0.717) is 6.04 Å². The quantitative estimate of drug-likeness (QED) is 0.893. The van der Waals surface area contributed by atoms with Gasteiger partial charge in [0.1, 0.15) is 5.82 Å². The Morgan fingerprint density at radius 1 is 1.37 bits per heavy atom. The average Bonchev–Trinajstić information content (AvgIpc) is 2.60. The average molecular weight is 285 g/mol. The molecule has 0 aliphatic carbocycles. The van der Waals surface area contributed by atoms with Gasteiger partial charge in [-0.15, -0.1) is 0 Å². The van der Waals surface area contributed by atoms with Gasteiger partial charge >= 0.3 is 0 Å². The van der Waals surface area contributed by atoms with Crippen molar-refractivity contribution in [2.24, 2.45) is 0 Å². The zero-order valence-corrected chi connectivity index (χ0v) is 12.2. The van der Waals surface area contributed by atoms with Gasteiger partial charge in [-0.25, -0.2) is 4.39 Å². The number of anilines is 1. The van der Waals surface area contributed by atoms with Crippen LogP contribution in [0.4, 0.5) is 10.1 Å². The van der Waals surface area contributed by atoms with Crippen LogP contribution in [0.1, 0.15) is 32.6 Å². The Morgan fingerprint density at radius 2 is 2.21 bits per heavy atom. The molecular formula is C15H22ClFN2. The van der Waals surface area contributed by atoms with E-state index >= 15 is 0 Å². The fourth-order valence-electron chi connectivity index (χ4n) is 2.66. The molecule has 106 valence electrons. The lowest BCUT2D eigenvalue weighted by atomic mass is 10.1. The number of benzene rings is 1. The molecule has 1 saturated heterocycles. The van der Waals surface area contributed by atoms with Crippen molar-refractivity contribution >= 4 is 17.3 Å². The predicted octanol–water partition coefficient (Wildman–Crippen LogP) is 4.16. The molecule has 0 aromatic heterocycles. The summed E-state index contributed by atoms with van der Waals surface area (Å²) < 4.78 is 13.4. The maximum Gasteiger partial charge on any atom is 0.143 e. The molecule has 0 saturated carbocycles. The van der Waals surface area contributed by atoms with E-state index in [2.05, 4.69) is 17.1 Å². The van der Waals surface area contributed by atoms with Crippen molar-refractivity contribution in [2.75, 3.05) is 25.0 Å². The molecule has 1 fully saturated rings. The maximum atomic E-state index is 13.4. The Balaban J connectivity index is 1.90. The van der Waals surface area contributed by atoms with Crippen LogP contribution in [0.5, 0.6) is 0 Å². The van der Waals surface area contributed by atoms with Crippen LogP contribution in [0.15, 0.2) is 18.2 Å². The van der Waals surface area contributed by atoms with E-state index in [1.165, 1.54) is 32.0 Å². The number of nitrogens with one attached hydrogen (secondary N) is 1. The zero-order valence-electron chi connectivity index (χ0n) is 11.5. The predicted molar refractivity (Wildman–Crippen MR) is 79.4 cm³/mol. The van der Waals surface area contributed by atoms with Gasteiger partial charge in [0.15, 0.2) is 0 Å². The lowest BCUT2D eigenvalue weighted by molar-refractivity contribution is 0.285. The van der Waals surface area contributed by atoms with Crippen molar-refractivity contribution in [3.63, 3.8) is 0 Å². The van der Waals surface area contributed by atoms with Crippen LogP contribution in [0.25, 0.3) is 0 Å². The number of hydrogen-bond donors (Lipinski definition) is 1. The number of likely N-dealkylation sites (tertiary alicyclic amines) is 1. The summed E-state index contributed by atoms with van der Waals surface area (Å²) in [6.45, 7) is 5.71. The van der Waals surface area contributed by atoms with Crippen LogP contribution in [-0.2, 0) is 0 Å². The van der Waals surface area contributed by atoms with Gasteiger partial charge < -0.3 is 10.2 Å². The molecule has 1 aliphatic rings. The second-order valence-electron chi connectivity index (χ2n) is 5.24. The standard InChI is InChI=1S/C15H22ClFN2/c1-2-8-19-9-3-4-12(7-10-19)18-13-5-6-14(16)15(17)11-13/h5-6,11-12,18H,2-4,7-10H2,1H3. The van der Waals surface area contributed by atoms with Crippen molar-refractivity contribution in [1.29, 1.82) is 0 Å². The third-order valence-electron chi connectivity index (χ3n) is 3.65. The van der Waals surface area contributed by atoms with Crippen LogP contribution in [0, 0.1) is 5.82 Å². The Hall–Kier alpha value is -0.800. The molecule has 0 spiro atoms. The molecule has 4 heteroatoms. The van der Waals surface area contributed by atoms with Crippen molar-refractivity contribution in [1.82, 2.24) is 4.90 Å². The van der Waals surface area contributed by atoms with Crippen molar-refractivity contribution in [3.05, 3.63) is 29.0 Å². The van der Waals surface area contributed by atoms with Crippen LogP contribution < -0.4 is 5.32 Å². The molecule has 1 heterocycles. The molecule has 1 N–H and O–H groups in total. The SMILES string of the molecule is CCCN1CCCC(Nc2ccc(Cl)c(F)c2)CC1. The monoisotopic (exact) mass is 284 g/mol. The first-order valence-corrected chi connectivity index (χ1v) is 7.50. The lowest BCUT2D eigenvalue weighted by Gasteiger charge is -2.20. The van der Waals surface area contributed by atoms with Crippen LogP contribution >= 0.6 is 11.6 Å². The third kappa shape index (κ3) is 4.36. The first-order valence-electron chi connectivity index (χ1n) is 7.13. The maximum absolute atomic E-state index is 13.4. The summed E-state index contributed by atoms with van der Waals surface area (Å²) in [7, 11) is 0. The summed E-state index contributed by atoms with van der Waals surface area (Å²) in [6.07, 6.45) is 4.67. The van der Waals surface area contributed by atoms with Gasteiger partial charge in [0.25, 0.3) is 0 Å². The summed E-state index contributed by atoms with van der Waals surface area (Å²) in [4.78, 5) is 2.52. The number of rotatable bonds is 4. The molecule has 1 unspecified atom stereocenters. The van der Waals surface area contributed by atoms with Crippen molar-refractivity contribution in [3.8, 4) is 0 Å². The Morgan fingerprint density at radius 3 is 2.95 bits per heavy atom. The largest absolute Gasteiger partial charge is 0.382 e. The third-order valence-corrected chi connectivity index (χ3v) is 3.96. The van der Waals surface area contributed by atoms with Gasteiger partial charge in [-0.2, -0.15) is 0 Å². The molecule has 0 radical (unpaired) electrons. The highest BCUT2D eigenvalue weighted by atomic mass is 35.5. The van der Waals surface area contributed by atoms with Gasteiger partial charge in [-0.05, 0) is 57.0 Å². The van der Waals surface area contributed by atoms with Gasteiger partial charge in [-0.3, -0.25) is 0 Å². The fourth-order valence-corrected chi connectivity index (χ4v) is 2.78. The van der Waals surface area contributed by atoms with Crippen molar-refractivity contribution in [2.45, 2.75) is 38.6 Å². The highest BCUT2D eigenvalue weighted by Crippen LogP contribution is 2.21. The van der Waals surface area contributed by atoms with Crippen LogP contribution in [0.3, 0.4) is 0 Å². The van der Waals surface area contributed by atoms with E-state index < -0.39 is 0 Å². The van der Waals surface area contributed by atoms with E-state index in [4.69, 9.17) is 11.6 Å². The zero-order chi connectivity index (χ0) is 13.7. The molecule has 2 rings (SSSR count). The van der Waals surface area contributed by atoms with Crippen LogP contribution in [0.2, 0.25) is 5.02 Å². The first kappa shape index (κ1) is 14.6. The van der Waals surface area contributed by atoms with Gasteiger partial charge in [0.05, 0.1) is 5.02 Å². The van der Waals surface area contributed by atoms with Gasteiger partial charge in [0.2, 0.25) is 0 Å². The topological polar surface area (TPSA) is 15.3 Å². The van der Waals surface area contributed by atoms with Gasteiger partial charge in [-0.1, -0.05) is 18.5 Å². The van der Waals surface area contributed by atoms with Crippen molar-refractivity contribution < 1.29 is 4.39 Å². The summed E-state index contributed by atoms with van der Waals surface area (Å²) in [6, 6.07) is 5.37. The smallest absolute Gasteiger partial charge is 0.143 e. The van der Waals surface area contributed by atoms with E-state index in [1.54, 1.807) is 6.07 Å². The molecule has 1 aromatic rings. The molecule has 0 amide bonds. The summed E-state index contributed by atoms with van der Waals surface area (Å²) in [5.74, 6) is -0.354. The molecule has 19 heavy (non-hydrogen) atoms. The Bertz CT molecular complexity index is 411. The van der Waals surface area contributed by atoms with Gasteiger partial charge in [0, 0.05) is 18.3 Å². The number of nitrogens with zero attached hydrogens (tertiary/aromatic N) is 1. The minimum absolute atomic E-state index is 0.181. The molecule has 2 nitrogen and oxygen atoms in total. The normalized spacial score (nSPS) is 21.1. The number of halogens is 2.